The SMILES string of the molecule is O=C(COc1ccc(-c2nc3ccc(Cl)cc3[nH]2)cc1)Nc1ccccc1[N+](=O)[O-]. The van der Waals surface area contributed by atoms with Crippen molar-refractivity contribution in [1.82, 2.24) is 9.97 Å². The maximum Gasteiger partial charge on any atom is 0.292 e. The number of nitro benzene ring substituents is 1. The van der Waals surface area contributed by atoms with Crippen LogP contribution < -0.4 is 10.1 Å². The van der Waals surface area contributed by atoms with Crippen molar-refractivity contribution in [2.75, 3.05) is 11.9 Å². The van der Waals surface area contributed by atoms with Crippen LogP contribution in [0.4, 0.5) is 11.4 Å². The Bertz CT molecular complexity index is 1240. The molecule has 0 aliphatic carbocycles. The predicted molar refractivity (Wildman–Crippen MR) is 114 cm³/mol. The van der Waals surface area contributed by atoms with Crippen LogP contribution in [0.2, 0.25) is 5.02 Å². The van der Waals surface area contributed by atoms with Crippen molar-refractivity contribution in [2.24, 2.45) is 0 Å². The second-order valence-electron chi connectivity index (χ2n) is 6.38. The van der Waals surface area contributed by atoms with E-state index in [2.05, 4.69) is 15.3 Å². The number of halogens is 1. The molecular weight excluding hydrogens is 408 g/mol. The second-order valence-corrected chi connectivity index (χ2v) is 6.82. The molecule has 0 unspecified atom stereocenters. The first-order valence-electron chi connectivity index (χ1n) is 8.91. The number of hydrogen-bond acceptors (Lipinski definition) is 5. The number of amides is 1. The average molecular weight is 423 g/mol. The molecule has 0 aliphatic rings. The number of benzene rings is 3. The van der Waals surface area contributed by atoms with Gasteiger partial charge in [-0.15, -0.1) is 0 Å². The molecule has 30 heavy (non-hydrogen) atoms. The van der Waals surface area contributed by atoms with Crippen molar-refractivity contribution in [1.29, 1.82) is 0 Å². The third-order valence-electron chi connectivity index (χ3n) is 4.32. The van der Waals surface area contributed by atoms with Crippen LogP contribution in [0.25, 0.3) is 22.4 Å². The van der Waals surface area contributed by atoms with Gasteiger partial charge in [-0.2, -0.15) is 0 Å². The minimum Gasteiger partial charge on any atom is -0.484 e. The van der Waals surface area contributed by atoms with Gasteiger partial charge in [0.1, 0.15) is 17.3 Å². The normalized spacial score (nSPS) is 10.7. The van der Waals surface area contributed by atoms with Gasteiger partial charge in [-0.1, -0.05) is 23.7 Å². The Morgan fingerprint density at radius 3 is 2.67 bits per heavy atom. The van der Waals surface area contributed by atoms with E-state index in [4.69, 9.17) is 16.3 Å². The highest BCUT2D eigenvalue weighted by Crippen LogP contribution is 2.25. The second kappa shape index (κ2) is 8.22. The zero-order valence-electron chi connectivity index (χ0n) is 15.5. The van der Waals surface area contributed by atoms with E-state index in [1.54, 1.807) is 30.3 Å². The number of aromatic amines is 1. The lowest BCUT2D eigenvalue weighted by molar-refractivity contribution is -0.383. The molecule has 1 aromatic heterocycles. The van der Waals surface area contributed by atoms with E-state index in [0.717, 1.165) is 16.6 Å². The standard InChI is InChI=1S/C21H15ClN4O4/c22-14-7-10-16-18(11-14)25-21(24-16)13-5-8-15(9-6-13)30-12-20(27)23-17-3-1-2-4-19(17)26(28)29/h1-11H,12H2,(H,23,27)(H,24,25). The van der Waals surface area contributed by atoms with E-state index in [1.165, 1.54) is 18.2 Å². The van der Waals surface area contributed by atoms with Gasteiger partial charge >= 0.3 is 0 Å². The summed E-state index contributed by atoms with van der Waals surface area (Å²) in [5.41, 5.74) is 2.43. The molecule has 0 bridgehead atoms. The molecule has 1 amide bonds. The van der Waals surface area contributed by atoms with Crippen LogP contribution in [0.15, 0.2) is 66.7 Å². The first-order chi connectivity index (χ1) is 14.5. The molecule has 0 aliphatic heterocycles. The maximum absolute atomic E-state index is 12.1. The summed E-state index contributed by atoms with van der Waals surface area (Å²) < 4.78 is 5.48. The van der Waals surface area contributed by atoms with Crippen LogP contribution in [0.3, 0.4) is 0 Å². The summed E-state index contributed by atoms with van der Waals surface area (Å²) in [4.78, 5) is 30.3. The van der Waals surface area contributed by atoms with Crippen molar-refractivity contribution in [3.8, 4) is 17.1 Å². The number of rotatable bonds is 6. The number of para-hydroxylation sites is 2. The van der Waals surface area contributed by atoms with E-state index in [-0.39, 0.29) is 18.0 Å². The quantitative estimate of drug-likeness (QED) is 0.342. The lowest BCUT2D eigenvalue weighted by Crippen LogP contribution is -2.20. The molecule has 9 heteroatoms. The molecule has 0 saturated heterocycles. The van der Waals surface area contributed by atoms with Crippen LogP contribution in [-0.4, -0.2) is 27.4 Å². The fraction of sp³-hybridized carbons (Fsp3) is 0.0476. The Morgan fingerprint density at radius 1 is 1.13 bits per heavy atom. The molecule has 0 saturated carbocycles. The topological polar surface area (TPSA) is 110 Å². The van der Waals surface area contributed by atoms with Crippen LogP contribution in [0.1, 0.15) is 0 Å². The third-order valence-corrected chi connectivity index (χ3v) is 4.55. The van der Waals surface area contributed by atoms with E-state index >= 15 is 0 Å². The number of nitro groups is 1. The van der Waals surface area contributed by atoms with E-state index in [0.29, 0.717) is 16.6 Å². The molecule has 0 atom stereocenters. The molecule has 150 valence electrons. The Hall–Kier alpha value is -3.91. The number of nitrogens with one attached hydrogen (secondary N) is 2. The van der Waals surface area contributed by atoms with E-state index in [9.17, 15) is 14.9 Å². The van der Waals surface area contributed by atoms with Crippen molar-refractivity contribution in [3.05, 3.63) is 81.9 Å². The summed E-state index contributed by atoms with van der Waals surface area (Å²) >= 11 is 6.00. The summed E-state index contributed by atoms with van der Waals surface area (Å²) in [5.74, 6) is 0.672. The average Bonchev–Trinajstić information content (AvgIpc) is 3.16. The summed E-state index contributed by atoms with van der Waals surface area (Å²) in [7, 11) is 0. The van der Waals surface area contributed by atoms with Gasteiger partial charge in [0, 0.05) is 16.7 Å². The number of imidazole rings is 1. The number of nitrogens with zero attached hydrogens (tertiary/aromatic N) is 2. The molecule has 4 aromatic rings. The molecular formula is C21H15ClN4O4. The number of anilines is 1. The Balaban J connectivity index is 1.40. The van der Waals surface area contributed by atoms with Crippen LogP contribution in [-0.2, 0) is 4.79 Å². The van der Waals surface area contributed by atoms with Gasteiger partial charge in [0.05, 0.1) is 16.0 Å². The molecule has 0 spiro atoms. The van der Waals surface area contributed by atoms with Gasteiger partial charge in [0.2, 0.25) is 0 Å². The van der Waals surface area contributed by atoms with Crippen molar-refractivity contribution in [2.45, 2.75) is 0 Å². The van der Waals surface area contributed by atoms with Crippen LogP contribution >= 0.6 is 11.6 Å². The Labute approximate surface area is 175 Å². The number of fused-ring (bicyclic) bond motifs is 1. The summed E-state index contributed by atoms with van der Waals surface area (Å²) in [6.45, 7) is -0.283. The lowest BCUT2D eigenvalue weighted by Gasteiger charge is -2.08. The lowest BCUT2D eigenvalue weighted by atomic mass is 10.2. The molecule has 1 heterocycles. The number of H-pyrrole nitrogens is 1. The molecule has 3 aromatic carbocycles. The summed E-state index contributed by atoms with van der Waals surface area (Å²) in [5, 5.41) is 14.1. The smallest absolute Gasteiger partial charge is 0.292 e. The number of hydrogen-bond donors (Lipinski definition) is 2. The van der Waals surface area contributed by atoms with Crippen LogP contribution in [0.5, 0.6) is 5.75 Å². The molecule has 0 fully saturated rings. The largest absolute Gasteiger partial charge is 0.484 e. The van der Waals surface area contributed by atoms with Gasteiger partial charge in [0.25, 0.3) is 11.6 Å². The number of carbonyl (C=O) groups excluding carboxylic acids is 1. The van der Waals surface area contributed by atoms with Gasteiger partial charge < -0.3 is 15.0 Å². The highest BCUT2D eigenvalue weighted by Gasteiger charge is 2.15. The van der Waals surface area contributed by atoms with Crippen LogP contribution in [0, 0.1) is 10.1 Å². The maximum atomic E-state index is 12.1. The summed E-state index contributed by atoms with van der Waals surface area (Å²) in [6, 6.07) is 18.4. The minimum absolute atomic E-state index is 0.122. The van der Waals surface area contributed by atoms with Gasteiger partial charge in [0.15, 0.2) is 6.61 Å². The van der Waals surface area contributed by atoms with Gasteiger partial charge in [-0.25, -0.2) is 4.98 Å². The zero-order valence-corrected chi connectivity index (χ0v) is 16.2. The van der Waals surface area contributed by atoms with Crippen molar-refractivity contribution in [3.63, 3.8) is 0 Å². The highest BCUT2D eigenvalue weighted by molar-refractivity contribution is 6.31. The first kappa shape index (κ1) is 19.4. The van der Waals surface area contributed by atoms with Gasteiger partial charge in [-0.05, 0) is 48.5 Å². The molecule has 2 N–H and O–H groups in total. The van der Waals surface area contributed by atoms with E-state index in [1.807, 2.05) is 18.2 Å². The third kappa shape index (κ3) is 4.23. The van der Waals surface area contributed by atoms with Crippen molar-refractivity contribution < 1.29 is 14.5 Å². The predicted octanol–water partition coefficient (Wildman–Crippen LogP) is 4.81. The molecule has 4 rings (SSSR count). The molecule has 0 radical (unpaired) electrons. The number of carbonyl (C=O) groups is 1. The van der Waals surface area contributed by atoms with Crippen molar-refractivity contribution >= 4 is 39.9 Å². The Kier molecular flexibility index (Phi) is 5.32. The molecule has 8 nitrogen and oxygen atoms in total. The number of ether oxygens (including phenoxy) is 1. The fourth-order valence-electron chi connectivity index (χ4n) is 2.90. The monoisotopic (exact) mass is 422 g/mol. The first-order valence-corrected chi connectivity index (χ1v) is 9.29. The fourth-order valence-corrected chi connectivity index (χ4v) is 3.07. The highest BCUT2D eigenvalue weighted by atomic mass is 35.5. The zero-order chi connectivity index (χ0) is 21.1. The van der Waals surface area contributed by atoms with Gasteiger partial charge in [-0.3, -0.25) is 14.9 Å². The minimum atomic E-state index is -0.554. The Morgan fingerprint density at radius 2 is 1.90 bits per heavy atom. The van der Waals surface area contributed by atoms with E-state index < -0.39 is 10.8 Å². The summed E-state index contributed by atoms with van der Waals surface area (Å²) in [6.07, 6.45) is 0. The number of aromatic nitrogens is 2.